The number of aliphatic hydroxyl groups excluding tert-OH is 1. The largest absolute Gasteiger partial charge is 0.387 e. The fourth-order valence-electron chi connectivity index (χ4n) is 4.75. The van der Waals surface area contributed by atoms with Crippen molar-refractivity contribution in [1.82, 2.24) is 4.90 Å². The molecule has 25 heavy (non-hydrogen) atoms. The Morgan fingerprint density at radius 2 is 2.12 bits per heavy atom. The molecule has 3 aliphatic rings. The number of hydrogen-bond acceptors (Lipinski definition) is 4. The fraction of sp³-hybridized carbons (Fsp3) is 0.611. The SMILES string of the molecule is C[C@H]1C2c3c(N4CCCC4)cc(Cl)c(F)c3NC2CCN1C(=O)CO. The molecule has 3 heterocycles. The van der Waals surface area contributed by atoms with Crippen LogP contribution in [0.15, 0.2) is 6.07 Å². The Morgan fingerprint density at radius 1 is 1.40 bits per heavy atom. The molecule has 0 saturated carbocycles. The molecular weight excluding hydrogens is 345 g/mol. The van der Waals surface area contributed by atoms with Crippen LogP contribution in [-0.2, 0) is 4.79 Å². The molecule has 3 aliphatic heterocycles. The van der Waals surface area contributed by atoms with E-state index in [1.165, 1.54) is 0 Å². The number of aliphatic hydroxyl groups is 1. The number of carbonyl (C=O) groups is 1. The minimum absolute atomic E-state index is 0.00150. The smallest absolute Gasteiger partial charge is 0.248 e. The van der Waals surface area contributed by atoms with E-state index in [1.807, 2.05) is 6.92 Å². The van der Waals surface area contributed by atoms with Crippen molar-refractivity contribution in [3.63, 3.8) is 0 Å². The van der Waals surface area contributed by atoms with Crippen molar-refractivity contribution in [1.29, 1.82) is 0 Å². The molecule has 1 amide bonds. The zero-order valence-corrected chi connectivity index (χ0v) is 15.0. The number of benzene rings is 1. The molecule has 5 nitrogen and oxygen atoms in total. The lowest BCUT2D eigenvalue weighted by molar-refractivity contribution is -0.138. The van der Waals surface area contributed by atoms with Gasteiger partial charge in [-0.3, -0.25) is 4.79 Å². The van der Waals surface area contributed by atoms with E-state index in [0.717, 1.165) is 43.6 Å². The highest BCUT2D eigenvalue weighted by molar-refractivity contribution is 6.31. The van der Waals surface area contributed by atoms with Gasteiger partial charge in [-0.25, -0.2) is 4.39 Å². The highest BCUT2D eigenvalue weighted by Gasteiger charge is 2.46. The van der Waals surface area contributed by atoms with Crippen molar-refractivity contribution >= 4 is 28.9 Å². The van der Waals surface area contributed by atoms with Gasteiger partial charge < -0.3 is 20.2 Å². The number of fused-ring (bicyclic) bond motifs is 3. The summed E-state index contributed by atoms with van der Waals surface area (Å²) >= 11 is 6.17. The standard InChI is InChI=1S/C18H23ClFN3O2/c1-10-15-12(4-7-23(10)14(25)9-24)21-18-16(15)13(8-11(19)17(18)20)22-5-2-3-6-22/h8,10,12,15,21,24H,2-7,9H2,1H3/t10-,12?,15?/m0/s1. The highest BCUT2D eigenvalue weighted by atomic mass is 35.5. The van der Waals surface area contributed by atoms with Crippen LogP contribution in [-0.4, -0.2) is 54.2 Å². The summed E-state index contributed by atoms with van der Waals surface area (Å²) in [7, 11) is 0. The molecule has 1 aromatic carbocycles. The number of piperidine rings is 1. The van der Waals surface area contributed by atoms with Crippen LogP contribution in [0.2, 0.25) is 5.02 Å². The van der Waals surface area contributed by atoms with Gasteiger partial charge in [0.25, 0.3) is 0 Å². The lowest BCUT2D eigenvalue weighted by Crippen LogP contribution is -2.51. The van der Waals surface area contributed by atoms with Gasteiger partial charge in [-0.2, -0.15) is 0 Å². The van der Waals surface area contributed by atoms with Crippen molar-refractivity contribution in [2.24, 2.45) is 0 Å². The molecule has 0 aliphatic carbocycles. The van der Waals surface area contributed by atoms with Crippen molar-refractivity contribution in [3.8, 4) is 0 Å². The van der Waals surface area contributed by atoms with Crippen LogP contribution in [0.4, 0.5) is 15.8 Å². The van der Waals surface area contributed by atoms with E-state index in [0.29, 0.717) is 12.2 Å². The Hall–Kier alpha value is -1.53. The van der Waals surface area contributed by atoms with E-state index in [2.05, 4.69) is 10.2 Å². The Balaban J connectivity index is 1.80. The van der Waals surface area contributed by atoms with Crippen LogP contribution in [0.1, 0.15) is 37.7 Å². The number of halogens is 2. The topological polar surface area (TPSA) is 55.8 Å². The van der Waals surface area contributed by atoms with E-state index in [-0.39, 0.29) is 28.9 Å². The van der Waals surface area contributed by atoms with Crippen molar-refractivity contribution in [3.05, 3.63) is 22.5 Å². The molecule has 2 saturated heterocycles. The summed E-state index contributed by atoms with van der Waals surface area (Å²) in [6.45, 7) is 3.95. The number of amides is 1. The second kappa shape index (κ2) is 6.32. The third-order valence-electron chi connectivity index (χ3n) is 5.93. The summed E-state index contributed by atoms with van der Waals surface area (Å²) in [5.41, 5.74) is 2.43. The summed E-state index contributed by atoms with van der Waals surface area (Å²) in [5.74, 6) is -0.667. The first-order valence-corrected chi connectivity index (χ1v) is 9.34. The maximum atomic E-state index is 14.7. The third kappa shape index (κ3) is 2.57. The first-order chi connectivity index (χ1) is 12.0. The van der Waals surface area contributed by atoms with Crippen molar-refractivity contribution in [2.45, 2.75) is 44.2 Å². The monoisotopic (exact) mass is 367 g/mol. The molecule has 7 heteroatoms. The average molecular weight is 368 g/mol. The summed E-state index contributed by atoms with van der Waals surface area (Å²) in [4.78, 5) is 16.1. The molecule has 2 fully saturated rings. The molecule has 136 valence electrons. The Bertz CT molecular complexity index is 708. The third-order valence-corrected chi connectivity index (χ3v) is 6.20. The van der Waals surface area contributed by atoms with Gasteiger partial charge in [0.1, 0.15) is 6.61 Å². The molecule has 0 radical (unpaired) electrons. The molecular formula is C18H23ClFN3O2. The Kier molecular flexibility index (Phi) is 4.28. The maximum Gasteiger partial charge on any atom is 0.248 e. The number of nitrogens with one attached hydrogen (secondary N) is 1. The molecule has 2 unspecified atom stereocenters. The van der Waals surface area contributed by atoms with Crippen LogP contribution in [0.3, 0.4) is 0 Å². The van der Waals surface area contributed by atoms with Gasteiger partial charge in [-0.15, -0.1) is 0 Å². The van der Waals surface area contributed by atoms with Gasteiger partial charge in [-0.05, 0) is 32.3 Å². The van der Waals surface area contributed by atoms with Crippen molar-refractivity contribution < 1.29 is 14.3 Å². The summed E-state index contributed by atoms with van der Waals surface area (Å²) in [6, 6.07) is 1.72. The van der Waals surface area contributed by atoms with Gasteiger partial charge in [0.15, 0.2) is 5.82 Å². The number of nitrogens with zero attached hydrogens (tertiary/aromatic N) is 2. The van der Waals surface area contributed by atoms with Crippen LogP contribution < -0.4 is 10.2 Å². The number of rotatable bonds is 2. The lowest BCUT2D eigenvalue weighted by atomic mass is 9.82. The highest BCUT2D eigenvalue weighted by Crippen LogP contribution is 2.50. The van der Waals surface area contributed by atoms with Crippen LogP contribution in [0.25, 0.3) is 0 Å². The average Bonchev–Trinajstić information content (AvgIpc) is 3.26. The molecule has 3 atom stereocenters. The number of likely N-dealkylation sites (tertiary alicyclic amines) is 1. The summed E-state index contributed by atoms with van der Waals surface area (Å²) in [5, 5.41) is 12.7. The second-order valence-electron chi connectivity index (χ2n) is 7.23. The zero-order valence-electron chi connectivity index (χ0n) is 14.3. The summed E-state index contributed by atoms with van der Waals surface area (Å²) < 4.78 is 14.7. The fourth-order valence-corrected chi connectivity index (χ4v) is 4.95. The zero-order chi connectivity index (χ0) is 17.7. The van der Waals surface area contributed by atoms with Gasteiger partial charge in [0.2, 0.25) is 5.91 Å². The van der Waals surface area contributed by atoms with E-state index in [9.17, 15) is 14.3 Å². The van der Waals surface area contributed by atoms with Gasteiger partial charge in [0.05, 0.1) is 10.7 Å². The van der Waals surface area contributed by atoms with E-state index in [4.69, 9.17) is 11.6 Å². The van der Waals surface area contributed by atoms with Gasteiger partial charge in [0, 0.05) is 48.9 Å². The van der Waals surface area contributed by atoms with E-state index < -0.39 is 12.4 Å². The predicted molar refractivity (Wildman–Crippen MR) is 95.9 cm³/mol. The van der Waals surface area contributed by atoms with Gasteiger partial charge >= 0.3 is 0 Å². The minimum atomic E-state index is -0.490. The second-order valence-corrected chi connectivity index (χ2v) is 7.63. The molecule has 2 N–H and O–H groups in total. The van der Waals surface area contributed by atoms with Crippen LogP contribution in [0.5, 0.6) is 0 Å². The van der Waals surface area contributed by atoms with Gasteiger partial charge in [-0.1, -0.05) is 11.6 Å². The Morgan fingerprint density at radius 3 is 2.80 bits per heavy atom. The van der Waals surface area contributed by atoms with Crippen LogP contribution >= 0.6 is 11.6 Å². The minimum Gasteiger partial charge on any atom is -0.387 e. The molecule has 1 aromatic rings. The Labute approximate surface area is 151 Å². The molecule has 0 aromatic heterocycles. The molecule has 0 bridgehead atoms. The van der Waals surface area contributed by atoms with E-state index in [1.54, 1.807) is 11.0 Å². The lowest BCUT2D eigenvalue weighted by Gasteiger charge is -2.41. The normalized spacial score (nSPS) is 27.9. The van der Waals surface area contributed by atoms with Crippen LogP contribution in [0, 0.1) is 5.82 Å². The first kappa shape index (κ1) is 16.9. The maximum absolute atomic E-state index is 14.7. The molecule has 0 spiro atoms. The number of carbonyl (C=O) groups excluding carboxylic acids is 1. The number of anilines is 2. The molecule has 4 rings (SSSR count). The number of hydrogen-bond donors (Lipinski definition) is 2. The van der Waals surface area contributed by atoms with E-state index >= 15 is 0 Å². The predicted octanol–water partition coefficient (Wildman–Crippen LogP) is 2.57. The summed E-state index contributed by atoms with van der Waals surface area (Å²) in [6.07, 6.45) is 2.97. The first-order valence-electron chi connectivity index (χ1n) is 8.96. The van der Waals surface area contributed by atoms with Crippen molar-refractivity contribution in [2.75, 3.05) is 36.5 Å². The quantitative estimate of drug-likeness (QED) is 0.843.